The average Bonchev–Trinajstić information content (AvgIpc) is 2.85. The van der Waals surface area contributed by atoms with E-state index in [4.69, 9.17) is 0 Å². The van der Waals surface area contributed by atoms with Gasteiger partial charge in [0.2, 0.25) is 0 Å². The highest BCUT2D eigenvalue weighted by Gasteiger charge is 2.21. The Morgan fingerprint density at radius 3 is 3.10 bits per heavy atom. The van der Waals surface area contributed by atoms with E-state index >= 15 is 0 Å². The largest absolute Gasteiger partial charge is 0.338 e. The molecule has 0 radical (unpaired) electrons. The number of anilines is 1. The lowest BCUT2D eigenvalue weighted by atomic mass is 10.1. The predicted molar refractivity (Wildman–Crippen MR) is 78.3 cm³/mol. The van der Waals surface area contributed by atoms with Crippen molar-refractivity contribution in [3.63, 3.8) is 0 Å². The summed E-state index contributed by atoms with van der Waals surface area (Å²) in [5.74, 6) is 0.161. The van der Waals surface area contributed by atoms with Crippen LogP contribution < -0.4 is 10.6 Å². The van der Waals surface area contributed by atoms with Crippen LogP contribution in [0.1, 0.15) is 19.8 Å². The Kier molecular flexibility index (Phi) is 5.35. The molecule has 0 aliphatic carbocycles. The molecule has 5 heteroatoms. The third-order valence-electron chi connectivity index (χ3n) is 3.54. The monoisotopic (exact) mass is 279 g/mol. The number of carbonyl (C=O) groups excluding carboxylic acids is 1. The zero-order valence-electron chi connectivity index (χ0n) is 11.9. The number of amides is 2. The number of likely N-dealkylation sites (tertiary alicyclic amines) is 1. The number of halogens is 1. The van der Waals surface area contributed by atoms with Gasteiger partial charge in [-0.25, -0.2) is 9.18 Å². The van der Waals surface area contributed by atoms with Crippen LogP contribution in [-0.4, -0.2) is 37.1 Å². The standard InChI is InChI=1S/C15H22FN3O/c1-2-7-19-8-6-12(11-19)10-17-15(20)18-14-5-3-4-13(16)9-14/h3-5,9,12H,2,6-8,10-11H2,1H3,(H2,17,18,20). The number of nitrogens with zero attached hydrogens (tertiary/aromatic N) is 1. The third-order valence-corrected chi connectivity index (χ3v) is 3.54. The van der Waals surface area contributed by atoms with Crippen LogP contribution in [0.15, 0.2) is 24.3 Å². The van der Waals surface area contributed by atoms with Gasteiger partial charge in [0.1, 0.15) is 5.82 Å². The van der Waals surface area contributed by atoms with E-state index in [0.717, 1.165) is 26.1 Å². The molecule has 0 bridgehead atoms. The first-order valence-electron chi connectivity index (χ1n) is 7.20. The van der Waals surface area contributed by atoms with Crippen LogP contribution in [-0.2, 0) is 0 Å². The van der Waals surface area contributed by atoms with Crippen molar-refractivity contribution in [2.45, 2.75) is 19.8 Å². The van der Waals surface area contributed by atoms with Crippen molar-refractivity contribution in [3.8, 4) is 0 Å². The number of hydrogen-bond donors (Lipinski definition) is 2. The molecule has 1 aromatic rings. The van der Waals surface area contributed by atoms with Gasteiger partial charge in [0, 0.05) is 18.8 Å². The van der Waals surface area contributed by atoms with Crippen LogP contribution in [0.5, 0.6) is 0 Å². The number of urea groups is 1. The normalized spacial score (nSPS) is 19.0. The SMILES string of the molecule is CCCN1CCC(CNC(=O)Nc2cccc(F)c2)C1. The first kappa shape index (κ1) is 14.8. The zero-order valence-corrected chi connectivity index (χ0v) is 11.9. The van der Waals surface area contributed by atoms with Crippen LogP contribution in [0.3, 0.4) is 0 Å². The topological polar surface area (TPSA) is 44.4 Å². The van der Waals surface area contributed by atoms with Gasteiger partial charge in [-0.05, 0) is 50.0 Å². The summed E-state index contributed by atoms with van der Waals surface area (Å²) >= 11 is 0. The average molecular weight is 279 g/mol. The van der Waals surface area contributed by atoms with E-state index in [9.17, 15) is 9.18 Å². The fraction of sp³-hybridized carbons (Fsp3) is 0.533. The molecule has 1 fully saturated rings. The predicted octanol–water partition coefficient (Wildman–Crippen LogP) is 2.68. The zero-order chi connectivity index (χ0) is 14.4. The van der Waals surface area contributed by atoms with Gasteiger partial charge in [0.25, 0.3) is 0 Å². The summed E-state index contributed by atoms with van der Waals surface area (Å²) in [4.78, 5) is 14.2. The van der Waals surface area contributed by atoms with Crippen molar-refractivity contribution in [1.29, 1.82) is 0 Å². The summed E-state index contributed by atoms with van der Waals surface area (Å²) < 4.78 is 13.0. The molecule has 2 N–H and O–H groups in total. The van der Waals surface area contributed by atoms with E-state index in [0.29, 0.717) is 18.2 Å². The molecule has 1 heterocycles. The second-order valence-corrected chi connectivity index (χ2v) is 5.30. The molecule has 2 amide bonds. The summed E-state index contributed by atoms with van der Waals surface area (Å²) in [6.07, 6.45) is 2.29. The Labute approximate surface area is 119 Å². The molecule has 20 heavy (non-hydrogen) atoms. The minimum absolute atomic E-state index is 0.274. The second kappa shape index (κ2) is 7.24. The van der Waals surface area contributed by atoms with E-state index in [1.54, 1.807) is 12.1 Å². The van der Waals surface area contributed by atoms with Gasteiger partial charge in [-0.2, -0.15) is 0 Å². The Hall–Kier alpha value is -1.62. The minimum atomic E-state index is -0.353. The molecule has 0 saturated carbocycles. The molecule has 1 aliphatic heterocycles. The number of hydrogen-bond acceptors (Lipinski definition) is 2. The van der Waals surface area contributed by atoms with E-state index < -0.39 is 0 Å². The van der Waals surface area contributed by atoms with Gasteiger partial charge in [0.15, 0.2) is 0 Å². The first-order valence-corrected chi connectivity index (χ1v) is 7.20. The van der Waals surface area contributed by atoms with E-state index in [1.165, 1.54) is 18.6 Å². The fourth-order valence-electron chi connectivity index (χ4n) is 2.58. The maximum Gasteiger partial charge on any atom is 0.319 e. The number of rotatable bonds is 5. The highest BCUT2D eigenvalue weighted by atomic mass is 19.1. The van der Waals surface area contributed by atoms with Crippen molar-refractivity contribution in [2.24, 2.45) is 5.92 Å². The van der Waals surface area contributed by atoms with Crippen LogP contribution in [0.4, 0.5) is 14.9 Å². The molecular weight excluding hydrogens is 257 g/mol. The molecule has 1 aromatic carbocycles. The smallest absolute Gasteiger partial charge is 0.319 e. The first-order chi connectivity index (χ1) is 9.67. The molecule has 2 rings (SSSR count). The number of carbonyl (C=O) groups is 1. The summed E-state index contributed by atoms with van der Waals surface area (Å²) in [6.45, 7) is 6.14. The van der Waals surface area contributed by atoms with Gasteiger partial charge in [0.05, 0.1) is 0 Å². The molecule has 1 saturated heterocycles. The van der Waals surface area contributed by atoms with Gasteiger partial charge in [-0.15, -0.1) is 0 Å². The highest BCUT2D eigenvalue weighted by molar-refractivity contribution is 5.89. The molecule has 1 unspecified atom stereocenters. The lowest BCUT2D eigenvalue weighted by Crippen LogP contribution is -2.34. The minimum Gasteiger partial charge on any atom is -0.338 e. The lowest BCUT2D eigenvalue weighted by Gasteiger charge is -2.15. The van der Waals surface area contributed by atoms with Gasteiger partial charge in [-0.1, -0.05) is 13.0 Å². The molecule has 110 valence electrons. The number of nitrogens with one attached hydrogen (secondary N) is 2. The molecule has 1 aliphatic rings. The summed E-state index contributed by atoms with van der Waals surface area (Å²) in [7, 11) is 0. The van der Waals surface area contributed by atoms with Crippen molar-refractivity contribution in [2.75, 3.05) is 31.5 Å². The molecule has 0 spiro atoms. The Morgan fingerprint density at radius 1 is 1.50 bits per heavy atom. The van der Waals surface area contributed by atoms with E-state index in [1.807, 2.05) is 0 Å². The maximum atomic E-state index is 13.0. The van der Waals surface area contributed by atoms with Crippen LogP contribution in [0.2, 0.25) is 0 Å². The Balaban J connectivity index is 1.70. The molecule has 0 aromatic heterocycles. The van der Waals surface area contributed by atoms with Gasteiger partial charge in [-0.3, -0.25) is 0 Å². The lowest BCUT2D eigenvalue weighted by molar-refractivity contribution is 0.249. The highest BCUT2D eigenvalue weighted by Crippen LogP contribution is 2.15. The molecular formula is C15H22FN3O. The van der Waals surface area contributed by atoms with E-state index in [2.05, 4.69) is 22.5 Å². The van der Waals surface area contributed by atoms with Gasteiger partial charge >= 0.3 is 6.03 Å². The summed E-state index contributed by atoms with van der Waals surface area (Å²) in [5.41, 5.74) is 0.474. The summed E-state index contributed by atoms with van der Waals surface area (Å²) in [6, 6.07) is 5.62. The molecule has 4 nitrogen and oxygen atoms in total. The van der Waals surface area contributed by atoms with Crippen molar-refractivity contribution < 1.29 is 9.18 Å². The fourth-order valence-corrected chi connectivity index (χ4v) is 2.58. The Bertz CT molecular complexity index is 452. The van der Waals surface area contributed by atoms with Crippen LogP contribution in [0.25, 0.3) is 0 Å². The second-order valence-electron chi connectivity index (χ2n) is 5.30. The van der Waals surface area contributed by atoms with Crippen LogP contribution in [0, 0.1) is 11.7 Å². The summed E-state index contributed by atoms with van der Waals surface area (Å²) in [5, 5.41) is 5.50. The van der Waals surface area contributed by atoms with E-state index in [-0.39, 0.29) is 11.8 Å². The van der Waals surface area contributed by atoms with Crippen molar-refractivity contribution in [3.05, 3.63) is 30.1 Å². The van der Waals surface area contributed by atoms with Gasteiger partial charge < -0.3 is 15.5 Å². The third kappa shape index (κ3) is 4.49. The van der Waals surface area contributed by atoms with Crippen molar-refractivity contribution >= 4 is 11.7 Å². The molecule has 1 atom stereocenters. The quantitative estimate of drug-likeness (QED) is 0.870. The van der Waals surface area contributed by atoms with Crippen molar-refractivity contribution in [1.82, 2.24) is 10.2 Å². The number of benzene rings is 1. The maximum absolute atomic E-state index is 13.0. The Morgan fingerprint density at radius 2 is 2.35 bits per heavy atom. The van der Waals surface area contributed by atoms with Crippen LogP contribution >= 0.6 is 0 Å².